The molecule has 2 aliphatic rings. The van der Waals surface area contributed by atoms with Crippen molar-refractivity contribution in [3.63, 3.8) is 0 Å². The average molecular weight is 581 g/mol. The Balaban J connectivity index is 1.20. The third-order valence-electron chi connectivity index (χ3n) is 8.43. The van der Waals surface area contributed by atoms with E-state index >= 15 is 0 Å². The molecule has 1 aliphatic heterocycles. The predicted octanol–water partition coefficient (Wildman–Crippen LogP) is 9.19. The summed E-state index contributed by atoms with van der Waals surface area (Å²) in [6, 6.07) is 46.5. The molecule has 5 nitrogen and oxygen atoms in total. The van der Waals surface area contributed by atoms with Crippen LogP contribution in [0.3, 0.4) is 0 Å². The maximum Gasteiger partial charge on any atom is 0.174 e. The molecule has 1 unspecified atom stereocenters. The van der Waals surface area contributed by atoms with Crippen molar-refractivity contribution in [1.82, 2.24) is 15.0 Å². The highest BCUT2D eigenvalue weighted by molar-refractivity contribution is 6.09. The summed E-state index contributed by atoms with van der Waals surface area (Å²) < 4.78 is 0. The van der Waals surface area contributed by atoms with Crippen LogP contribution in [0.15, 0.2) is 157 Å². The van der Waals surface area contributed by atoms with Crippen molar-refractivity contribution in [2.75, 3.05) is 4.90 Å². The molecule has 1 atom stereocenters. The highest BCUT2D eigenvalue weighted by atomic mass is 16.1. The van der Waals surface area contributed by atoms with E-state index < -0.39 is 0 Å². The SMILES string of the molecule is O=C1c2ccccc2N(c2ccccc2)C2=CC=C(c3cccc(-c4nc(-c5ccccc5)nc(-c5ccccc5)n4)c3)CC12. The molecule has 2 heterocycles. The number of hydrogen-bond donors (Lipinski definition) is 0. The van der Waals surface area contributed by atoms with Crippen LogP contribution in [0.4, 0.5) is 11.4 Å². The van der Waals surface area contributed by atoms with Gasteiger partial charge in [0.25, 0.3) is 0 Å². The molecule has 0 amide bonds. The highest BCUT2D eigenvalue weighted by Gasteiger charge is 2.38. The first-order valence-corrected chi connectivity index (χ1v) is 15.1. The lowest BCUT2D eigenvalue weighted by Gasteiger charge is -2.39. The maximum absolute atomic E-state index is 13.9. The number of carbonyl (C=O) groups excluding carboxylic acids is 1. The molecule has 1 aliphatic carbocycles. The molecule has 0 saturated heterocycles. The van der Waals surface area contributed by atoms with Crippen LogP contribution in [0, 0.1) is 5.92 Å². The summed E-state index contributed by atoms with van der Waals surface area (Å²) in [4.78, 5) is 30.8. The van der Waals surface area contributed by atoms with Crippen molar-refractivity contribution in [1.29, 1.82) is 0 Å². The molecule has 45 heavy (non-hydrogen) atoms. The van der Waals surface area contributed by atoms with Crippen molar-refractivity contribution in [3.8, 4) is 34.2 Å². The standard InChI is InChI=1S/C40H28N4O/c45-37-33-21-10-11-22-35(33)44(32-19-8-3-9-20-32)36-24-23-30(26-34(36)37)29-17-12-18-31(25-29)40-42-38(27-13-4-1-5-14-27)41-39(43-40)28-15-6-2-7-16-28/h1-25,34H,26H2. The predicted molar refractivity (Wildman–Crippen MR) is 180 cm³/mol. The van der Waals surface area contributed by atoms with Gasteiger partial charge in [-0.2, -0.15) is 0 Å². The zero-order valence-corrected chi connectivity index (χ0v) is 24.4. The van der Waals surface area contributed by atoms with Gasteiger partial charge in [0.1, 0.15) is 0 Å². The molecule has 214 valence electrons. The van der Waals surface area contributed by atoms with Crippen LogP contribution in [-0.2, 0) is 0 Å². The number of allylic oxidation sites excluding steroid dienone is 4. The Morgan fingerprint density at radius 2 is 1.07 bits per heavy atom. The van der Waals surface area contributed by atoms with E-state index in [9.17, 15) is 4.79 Å². The van der Waals surface area contributed by atoms with Crippen LogP contribution in [0.5, 0.6) is 0 Å². The maximum atomic E-state index is 13.9. The second-order valence-corrected chi connectivity index (χ2v) is 11.2. The number of nitrogens with zero attached hydrogens (tertiary/aromatic N) is 4. The fourth-order valence-corrected chi connectivity index (χ4v) is 6.23. The number of hydrogen-bond acceptors (Lipinski definition) is 5. The number of aromatic nitrogens is 3. The smallest absolute Gasteiger partial charge is 0.174 e. The van der Waals surface area contributed by atoms with E-state index in [2.05, 4.69) is 41.3 Å². The van der Waals surface area contributed by atoms with E-state index in [1.807, 2.05) is 115 Å². The Labute approximate surface area is 261 Å². The molecule has 0 spiro atoms. The normalized spacial score (nSPS) is 15.5. The van der Waals surface area contributed by atoms with Crippen molar-refractivity contribution >= 4 is 22.7 Å². The number of carbonyl (C=O) groups is 1. The van der Waals surface area contributed by atoms with Crippen molar-refractivity contribution in [2.24, 2.45) is 5.92 Å². The zero-order chi connectivity index (χ0) is 30.2. The second-order valence-electron chi connectivity index (χ2n) is 11.2. The minimum Gasteiger partial charge on any atom is -0.313 e. The van der Waals surface area contributed by atoms with Crippen molar-refractivity contribution < 1.29 is 4.79 Å². The number of ketones is 1. The number of para-hydroxylation sites is 2. The molecule has 0 N–H and O–H groups in total. The number of rotatable bonds is 5. The lowest BCUT2D eigenvalue weighted by Crippen LogP contribution is -2.35. The third-order valence-corrected chi connectivity index (χ3v) is 8.43. The fraction of sp³-hybridized carbons (Fsp3) is 0.0500. The monoisotopic (exact) mass is 580 g/mol. The van der Waals surface area contributed by atoms with Crippen LogP contribution >= 0.6 is 0 Å². The molecule has 6 aromatic rings. The summed E-state index contributed by atoms with van der Waals surface area (Å²) in [6.45, 7) is 0. The Bertz CT molecular complexity index is 2050. The van der Waals surface area contributed by atoms with Gasteiger partial charge in [0.05, 0.1) is 11.6 Å². The quantitative estimate of drug-likeness (QED) is 0.203. The van der Waals surface area contributed by atoms with Gasteiger partial charge in [0, 0.05) is 33.6 Å². The van der Waals surface area contributed by atoms with Gasteiger partial charge >= 0.3 is 0 Å². The Hall–Kier alpha value is -5.94. The number of anilines is 2. The van der Waals surface area contributed by atoms with E-state index in [4.69, 9.17) is 15.0 Å². The summed E-state index contributed by atoms with van der Waals surface area (Å²) >= 11 is 0. The lowest BCUT2D eigenvalue weighted by atomic mass is 9.79. The molecule has 0 bridgehead atoms. The first-order chi connectivity index (χ1) is 22.2. The zero-order valence-electron chi connectivity index (χ0n) is 24.4. The van der Waals surface area contributed by atoms with E-state index in [0.717, 1.165) is 50.5 Å². The lowest BCUT2D eigenvalue weighted by molar-refractivity contribution is 0.0936. The number of Topliss-reactive ketones (excluding diaryl/α,β-unsaturated/α-hetero) is 1. The number of benzene rings is 5. The summed E-state index contributed by atoms with van der Waals surface area (Å²) in [5.74, 6) is 1.73. The summed E-state index contributed by atoms with van der Waals surface area (Å²) in [5.41, 5.74) is 8.64. The molecule has 0 fully saturated rings. The van der Waals surface area contributed by atoms with Gasteiger partial charge in [-0.05, 0) is 54.0 Å². The molecule has 8 rings (SSSR count). The van der Waals surface area contributed by atoms with Gasteiger partial charge in [-0.1, -0.05) is 115 Å². The molecular weight excluding hydrogens is 552 g/mol. The van der Waals surface area contributed by atoms with Crippen LogP contribution < -0.4 is 4.90 Å². The molecule has 1 aromatic heterocycles. The van der Waals surface area contributed by atoms with E-state index in [0.29, 0.717) is 23.9 Å². The summed E-state index contributed by atoms with van der Waals surface area (Å²) in [7, 11) is 0. The van der Waals surface area contributed by atoms with Crippen molar-refractivity contribution in [3.05, 3.63) is 169 Å². The van der Waals surface area contributed by atoms with Crippen molar-refractivity contribution in [2.45, 2.75) is 6.42 Å². The first-order valence-electron chi connectivity index (χ1n) is 15.1. The van der Waals surface area contributed by atoms with Gasteiger partial charge in [0.2, 0.25) is 0 Å². The second kappa shape index (κ2) is 11.3. The average Bonchev–Trinajstić information content (AvgIpc) is 3.13. The van der Waals surface area contributed by atoms with E-state index in [1.54, 1.807) is 0 Å². The van der Waals surface area contributed by atoms with Gasteiger partial charge in [-0.15, -0.1) is 0 Å². The van der Waals surface area contributed by atoms with Crippen LogP contribution in [-0.4, -0.2) is 20.7 Å². The van der Waals surface area contributed by atoms with E-state index in [-0.39, 0.29) is 11.7 Å². The molecule has 5 aromatic carbocycles. The molecular formula is C40H28N4O. The largest absolute Gasteiger partial charge is 0.313 e. The Morgan fingerprint density at radius 1 is 0.533 bits per heavy atom. The minimum absolute atomic E-state index is 0.156. The topological polar surface area (TPSA) is 59.0 Å². The minimum atomic E-state index is -0.282. The fourth-order valence-electron chi connectivity index (χ4n) is 6.23. The Morgan fingerprint density at radius 3 is 1.73 bits per heavy atom. The number of fused-ring (bicyclic) bond motifs is 2. The van der Waals surface area contributed by atoms with Gasteiger partial charge in [0.15, 0.2) is 23.3 Å². The third kappa shape index (κ3) is 4.94. The summed E-state index contributed by atoms with van der Waals surface area (Å²) in [6.07, 6.45) is 4.87. The van der Waals surface area contributed by atoms with Gasteiger partial charge in [-0.3, -0.25) is 4.79 Å². The van der Waals surface area contributed by atoms with Crippen LogP contribution in [0.2, 0.25) is 0 Å². The van der Waals surface area contributed by atoms with E-state index in [1.165, 1.54) is 0 Å². The molecule has 0 radical (unpaired) electrons. The van der Waals surface area contributed by atoms with Gasteiger partial charge < -0.3 is 4.90 Å². The summed E-state index contributed by atoms with van der Waals surface area (Å²) in [5, 5.41) is 0. The highest BCUT2D eigenvalue weighted by Crippen LogP contribution is 2.46. The van der Waals surface area contributed by atoms with Gasteiger partial charge in [-0.25, -0.2) is 15.0 Å². The Kier molecular flexibility index (Phi) is 6.69. The first kappa shape index (κ1) is 26.7. The van der Waals surface area contributed by atoms with Crippen LogP contribution in [0.25, 0.3) is 39.7 Å². The van der Waals surface area contributed by atoms with Crippen LogP contribution in [0.1, 0.15) is 22.3 Å². The molecule has 5 heteroatoms. The molecule has 0 saturated carbocycles.